The van der Waals surface area contributed by atoms with Crippen molar-refractivity contribution in [2.75, 3.05) is 6.26 Å². The second kappa shape index (κ2) is 4.03. The molecule has 0 heterocycles. The lowest BCUT2D eigenvalue weighted by Gasteiger charge is -2.03. The van der Waals surface area contributed by atoms with Crippen LogP contribution in [-0.4, -0.2) is 6.26 Å². The van der Waals surface area contributed by atoms with Crippen molar-refractivity contribution in [3.8, 4) is 0 Å². The van der Waals surface area contributed by atoms with E-state index < -0.39 is 0 Å². The molecule has 0 saturated heterocycles. The first kappa shape index (κ1) is 8.95. The second-order valence-corrected chi connectivity index (χ2v) is 3.59. The Kier molecular flexibility index (Phi) is 3.28. The van der Waals surface area contributed by atoms with Gasteiger partial charge in [0.15, 0.2) is 0 Å². The van der Waals surface area contributed by atoms with Crippen molar-refractivity contribution >= 4 is 23.4 Å². The van der Waals surface area contributed by atoms with E-state index in [0.29, 0.717) is 0 Å². The SMILES string of the molecule is CCc1ccc(Cl)cc1SC. The third-order valence-electron chi connectivity index (χ3n) is 1.63. The number of rotatable bonds is 2. The lowest BCUT2D eigenvalue weighted by atomic mass is 10.2. The van der Waals surface area contributed by atoms with Crippen LogP contribution in [0.2, 0.25) is 5.02 Å². The summed E-state index contributed by atoms with van der Waals surface area (Å²) in [6, 6.07) is 6.05. The molecule has 0 amide bonds. The highest BCUT2D eigenvalue weighted by atomic mass is 35.5. The molecule has 1 rings (SSSR count). The van der Waals surface area contributed by atoms with E-state index in [1.54, 1.807) is 11.8 Å². The first-order chi connectivity index (χ1) is 5.27. The zero-order chi connectivity index (χ0) is 8.27. The summed E-state index contributed by atoms with van der Waals surface area (Å²) >= 11 is 7.59. The highest BCUT2D eigenvalue weighted by Crippen LogP contribution is 2.24. The fourth-order valence-corrected chi connectivity index (χ4v) is 1.97. The molecule has 0 radical (unpaired) electrons. The van der Waals surface area contributed by atoms with Crippen LogP contribution in [0.1, 0.15) is 12.5 Å². The van der Waals surface area contributed by atoms with Gasteiger partial charge in [0.1, 0.15) is 0 Å². The fraction of sp³-hybridized carbons (Fsp3) is 0.333. The molecule has 0 spiro atoms. The molecule has 0 N–H and O–H groups in total. The third-order valence-corrected chi connectivity index (χ3v) is 2.68. The Morgan fingerprint density at radius 2 is 2.18 bits per heavy atom. The van der Waals surface area contributed by atoms with Crippen molar-refractivity contribution in [2.45, 2.75) is 18.2 Å². The molecule has 11 heavy (non-hydrogen) atoms. The van der Waals surface area contributed by atoms with Crippen molar-refractivity contribution in [2.24, 2.45) is 0 Å². The largest absolute Gasteiger partial charge is 0.129 e. The summed E-state index contributed by atoms with van der Waals surface area (Å²) in [6.07, 6.45) is 3.15. The van der Waals surface area contributed by atoms with Crippen molar-refractivity contribution in [1.29, 1.82) is 0 Å². The molecule has 1 aromatic carbocycles. The average Bonchev–Trinajstić information content (AvgIpc) is 2.04. The lowest BCUT2D eigenvalue weighted by Crippen LogP contribution is -1.83. The maximum Gasteiger partial charge on any atom is 0.0417 e. The Hall–Kier alpha value is -0.140. The van der Waals surface area contributed by atoms with Gasteiger partial charge in [0.05, 0.1) is 0 Å². The molecule has 0 saturated carbocycles. The number of hydrogen-bond acceptors (Lipinski definition) is 1. The van der Waals surface area contributed by atoms with Gasteiger partial charge in [0.25, 0.3) is 0 Å². The van der Waals surface area contributed by atoms with Gasteiger partial charge in [-0.2, -0.15) is 0 Å². The van der Waals surface area contributed by atoms with Crippen LogP contribution >= 0.6 is 23.4 Å². The highest BCUT2D eigenvalue weighted by molar-refractivity contribution is 7.98. The van der Waals surface area contributed by atoms with Gasteiger partial charge in [-0.05, 0) is 30.4 Å². The summed E-state index contributed by atoms with van der Waals surface area (Å²) in [7, 11) is 0. The molecular formula is C9H11ClS. The number of halogens is 1. The minimum absolute atomic E-state index is 0.826. The lowest BCUT2D eigenvalue weighted by molar-refractivity contribution is 1.08. The Morgan fingerprint density at radius 1 is 1.45 bits per heavy atom. The van der Waals surface area contributed by atoms with Gasteiger partial charge < -0.3 is 0 Å². The van der Waals surface area contributed by atoms with E-state index in [2.05, 4.69) is 19.2 Å². The van der Waals surface area contributed by atoms with Gasteiger partial charge in [-0.15, -0.1) is 11.8 Å². The van der Waals surface area contributed by atoms with Gasteiger partial charge in [-0.3, -0.25) is 0 Å². The fourth-order valence-electron chi connectivity index (χ4n) is 1.01. The van der Waals surface area contributed by atoms with E-state index in [-0.39, 0.29) is 0 Å². The molecule has 0 atom stereocenters. The van der Waals surface area contributed by atoms with Crippen molar-refractivity contribution < 1.29 is 0 Å². The van der Waals surface area contributed by atoms with Crippen molar-refractivity contribution in [3.63, 3.8) is 0 Å². The minimum atomic E-state index is 0.826. The van der Waals surface area contributed by atoms with E-state index in [9.17, 15) is 0 Å². The number of thioether (sulfide) groups is 1. The topological polar surface area (TPSA) is 0 Å². The molecule has 0 nitrogen and oxygen atoms in total. The summed E-state index contributed by atoms with van der Waals surface area (Å²) < 4.78 is 0. The first-order valence-electron chi connectivity index (χ1n) is 3.60. The van der Waals surface area contributed by atoms with Crippen LogP contribution in [0.5, 0.6) is 0 Å². The molecule has 2 heteroatoms. The predicted molar refractivity (Wildman–Crippen MR) is 52.6 cm³/mol. The number of hydrogen-bond donors (Lipinski definition) is 0. The average molecular weight is 187 g/mol. The molecule has 0 unspecified atom stereocenters. The first-order valence-corrected chi connectivity index (χ1v) is 5.20. The Balaban J connectivity index is 3.06. The van der Waals surface area contributed by atoms with Crippen LogP contribution < -0.4 is 0 Å². The third kappa shape index (κ3) is 2.14. The monoisotopic (exact) mass is 186 g/mol. The second-order valence-electron chi connectivity index (χ2n) is 2.31. The maximum atomic E-state index is 5.84. The van der Waals surface area contributed by atoms with Crippen LogP contribution in [0.15, 0.2) is 23.1 Å². The van der Waals surface area contributed by atoms with E-state index in [0.717, 1.165) is 11.4 Å². The molecule has 0 aromatic heterocycles. The Labute approximate surface area is 77.0 Å². The summed E-state index contributed by atoms with van der Waals surface area (Å²) in [4.78, 5) is 1.29. The Morgan fingerprint density at radius 3 is 2.73 bits per heavy atom. The zero-order valence-electron chi connectivity index (χ0n) is 6.73. The quantitative estimate of drug-likeness (QED) is 0.636. The van der Waals surface area contributed by atoms with Crippen LogP contribution in [0, 0.1) is 0 Å². The van der Waals surface area contributed by atoms with E-state index in [4.69, 9.17) is 11.6 Å². The van der Waals surface area contributed by atoms with Crippen LogP contribution in [0.25, 0.3) is 0 Å². The zero-order valence-corrected chi connectivity index (χ0v) is 8.30. The van der Waals surface area contributed by atoms with Crippen molar-refractivity contribution in [3.05, 3.63) is 28.8 Å². The van der Waals surface area contributed by atoms with Gasteiger partial charge in [-0.1, -0.05) is 24.6 Å². The predicted octanol–water partition coefficient (Wildman–Crippen LogP) is 3.62. The van der Waals surface area contributed by atoms with Crippen LogP contribution in [-0.2, 0) is 6.42 Å². The number of benzene rings is 1. The summed E-state index contributed by atoms with van der Waals surface area (Å²) in [5.41, 5.74) is 1.38. The van der Waals surface area contributed by atoms with Crippen molar-refractivity contribution in [1.82, 2.24) is 0 Å². The number of aryl methyl sites for hydroxylation is 1. The Bertz CT molecular complexity index is 245. The summed E-state index contributed by atoms with van der Waals surface area (Å²) in [5.74, 6) is 0. The van der Waals surface area contributed by atoms with Crippen LogP contribution in [0.3, 0.4) is 0 Å². The van der Waals surface area contributed by atoms with Crippen LogP contribution in [0.4, 0.5) is 0 Å². The summed E-state index contributed by atoms with van der Waals surface area (Å²) in [5, 5.41) is 0.826. The molecule has 0 aliphatic heterocycles. The smallest absolute Gasteiger partial charge is 0.0417 e. The van der Waals surface area contributed by atoms with Gasteiger partial charge in [0.2, 0.25) is 0 Å². The van der Waals surface area contributed by atoms with E-state index in [1.807, 2.05) is 12.1 Å². The molecule has 1 aromatic rings. The summed E-state index contributed by atoms with van der Waals surface area (Å²) in [6.45, 7) is 2.16. The molecule has 0 aliphatic carbocycles. The molecule has 0 aliphatic rings. The standard InChI is InChI=1S/C9H11ClS/c1-3-7-4-5-8(10)6-9(7)11-2/h4-6H,3H2,1-2H3. The minimum Gasteiger partial charge on any atom is -0.129 e. The molecule has 0 fully saturated rings. The van der Waals surface area contributed by atoms with Gasteiger partial charge >= 0.3 is 0 Å². The normalized spacial score (nSPS) is 10.1. The molecule has 0 bridgehead atoms. The maximum absolute atomic E-state index is 5.84. The molecule has 60 valence electrons. The highest BCUT2D eigenvalue weighted by Gasteiger charge is 1.98. The van der Waals surface area contributed by atoms with Gasteiger partial charge in [-0.25, -0.2) is 0 Å². The van der Waals surface area contributed by atoms with E-state index in [1.165, 1.54) is 10.5 Å². The van der Waals surface area contributed by atoms with E-state index >= 15 is 0 Å². The molecular weight excluding hydrogens is 176 g/mol. The van der Waals surface area contributed by atoms with Gasteiger partial charge in [0, 0.05) is 9.92 Å².